The number of ether oxygens (including phenoxy) is 1. The average molecular weight is 447 g/mol. The molecule has 3 aromatic rings. The monoisotopic (exact) mass is 447 g/mol. The Morgan fingerprint density at radius 2 is 1.91 bits per heavy atom. The molecule has 6 nitrogen and oxygen atoms in total. The van der Waals surface area contributed by atoms with E-state index in [0.717, 1.165) is 59.1 Å². The lowest BCUT2D eigenvalue weighted by atomic mass is 9.75. The van der Waals surface area contributed by atoms with Crippen molar-refractivity contribution in [1.29, 1.82) is 0 Å². The summed E-state index contributed by atoms with van der Waals surface area (Å²) >= 11 is 0. The summed E-state index contributed by atoms with van der Waals surface area (Å²) in [4.78, 5) is 12.7. The molecule has 3 N–H and O–H groups in total. The zero-order valence-electron chi connectivity index (χ0n) is 18.8. The summed E-state index contributed by atoms with van der Waals surface area (Å²) in [5.41, 5.74) is 3.61. The Morgan fingerprint density at radius 3 is 2.73 bits per heavy atom. The lowest BCUT2D eigenvalue weighted by Crippen LogP contribution is -2.48. The second-order valence-corrected chi connectivity index (χ2v) is 9.51. The topological polar surface area (TPSA) is 91.9 Å². The maximum atomic E-state index is 12.7. The van der Waals surface area contributed by atoms with E-state index in [0.29, 0.717) is 0 Å². The minimum atomic E-state index is -1.67. The van der Waals surface area contributed by atoms with Crippen LogP contribution in [0.5, 0.6) is 5.75 Å². The van der Waals surface area contributed by atoms with Gasteiger partial charge in [0.05, 0.1) is 18.6 Å². The zero-order valence-corrected chi connectivity index (χ0v) is 18.8. The van der Waals surface area contributed by atoms with Gasteiger partial charge in [0.2, 0.25) is 5.91 Å². The molecular weight excluding hydrogens is 417 g/mol. The fraction of sp³-hybridized carbons (Fsp3) is 0.423. The normalized spacial score (nSPS) is 17.9. The number of nitrogens with one attached hydrogen (secondary N) is 1. The minimum absolute atomic E-state index is 0.00584. The van der Waals surface area contributed by atoms with E-state index in [1.807, 2.05) is 36.4 Å². The van der Waals surface area contributed by atoms with Crippen LogP contribution in [0, 0.1) is 0 Å². The Hall–Kier alpha value is -2.77. The predicted octanol–water partition coefficient (Wildman–Crippen LogP) is 3.74. The lowest BCUT2D eigenvalue weighted by Gasteiger charge is -2.41. The Labute approximate surface area is 194 Å². The molecule has 7 heteroatoms. The second kappa shape index (κ2) is 9.24. The predicted molar refractivity (Wildman–Crippen MR) is 127 cm³/mol. The van der Waals surface area contributed by atoms with Crippen LogP contribution in [-0.2, 0) is 24.1 Å². The van der Waals surface area contributed by atoms with E-state index in [-0.39, 0.29) is 24.3 Å². The van der Waals surface area contributed by atoms with Gasteiger partial charge in [-0.15, -0.1) is 0 Å². The van der Waals surface area contributed by atoms with Crippen molar-refractivity contribution in [3.05, 3.63) is 65.4 Å². The summed E-state index contributed by atoms with van der Waals surface area (Å²) in [5.74, 6) is -0.130. The highest BCUT2D eigenvalue weighted by Crippen LogP contribution is 2.42. The van der Waals surface area contributed by atoms with E-state index < -0.39 is 13.1 Å². The number of furan rings is 1. The fourth-order valence-electron chi connectivity index (χ4n) is 5.33. The van der Waals surface area contributed by atoms with Crippen molar-refractivity contribution in [3.8, 4) is 5.75 Å². The summed E-state index contributed by atoms with van der Waals surface area (Å²) < 4.78 is 12.0. The number of carbonyl (C=O) groups excluding carboxylic acids is 1. The van der Waals surface area contributed by atoms with Crippen LogP contribution < -0.4 is 10.1 Å². The highest BCUT2D eigenvalue weighted by atomic mass is 16.5. The van der Waals surface area contributed by atoms with Gasteiger partial charge in [-0.25, -0.2) is 0 Å². The molecule has 1 aliphatic carbocycles. The average Bonchev–Trinajstić information content (AvgIpc) is 3.22. The molecule has 172 valence electrons. The van der Waals surface area contributed by atoms with Gasteiger partial charge >= 0.3 is 7.12 Å². The van der Waals surface area contributed by atoms with Gasteiger partial charge in [-0.2, -0.15) is 0 Å². The van der Waals surface area contributed by atoms with Crippen molar-refractivity contribution in [2.45, 2.75) is 69.3 Å². The van der Waals surface area contributed by atoms with Gasteiger partial charge in [-0.3, -0.25) is 4.79 Å². The molecule has 33 heavy (non-hydrogen) atoms. The van der Waals surface area contributed by atoms with Crippen molar-refractivity contribution < 1.29 is 24.0 Å². The zero-order chi connectivity index (χ0) is 22.8. The molecule has 1 atom stereocenters. The molecule has 2 aliphatic rings. The van der Waals surface area contributed by atoms with Crippen LogP contribution in [0.3, 0.4) is 0 Å². The first-order valence-corrected chi connectivity index (χ1v) is 11.9. The molecule has 0 unspecified atom stereocenters. The van der Waals surface area contributed by atoms with Crippen molar-refractivity contribution in [3.63, 3.8) is 0 Å². The van der Waals surface area contributed by atoms with E-state index in [1.54, 1.807) is 6.26 Å². The molecule has 1 aromatic heterocycles. The van der Waals surface area contributed by atoms with Gasteiger partial charge in [0, 0.05) is 5.39 Å². The van der Waals surface area contributed by atoms with E-state index in [9.17, 15) is 14.8 Å². The summed E-state index contributed by atoms with van der Waals surface area (Å²) in [6.45, 7) is 0. The van der Waals surface area contributed by atoms with E-state index in [2.05, 4.69) is 11.4 Å². The van der Waals surface area contributed by atoms with E-state index in [1.165, 1.54) is 19.3 Å². The number of para-hydroxylation sites is 1. The second-order valence-electron chi connectivity index (χ2n) is 9.51. The largest absolute Gasteiger partial charge is 0.487 e. The standard InChI is InChI=1S/C26H30BNO5/c29-25(28-24(27(30)31)16-20-17-32-23-7-3-2-6-21(20)23)15-18-8-9-22-19(14-18)10-13-26(33-22)11-4-1-5-12-26/h2-3,6-9,14,17,24,30-31H,1,4-5,10-13,15-16H2,(H,28,29)/t24-/m0/s1. The number of hydrogen-bond acceptors (Lipinski definition) is 5. The number of amides is 1. The fourth-order valence-corrected chi connectivity index (χ4v) is 5.33. The molecule has 0 saturated heterocycles. The van der Waals surface area contributed by atoms with Crippen molar-refractivity contribution in [1.82, 2.24) is 5.32 Å². The summed E-state index contributed by atoms with van der Waals surface area (Å²) in [5, 5.41) is 23.4. The van der Waals surface area contributed by atoms with Crippen LogP contribution in [0.4, 0.5) is 0 Å². The van der Waals surface area contributed by atoms with E-state index >= 15 is 0 Å². The lowest BCUT2D eigenvalue weighted by molar-refractivity contribution is -0.120. The van der Waals surface area contributed by atoms with Crippen molar-refractivity contribution in [2.24, 2.45) is 0 Å². The van der Waals surface area contributed by atoms with Crippen LogP contribution >= 0.6 is 0 Å². The number of hydrogen-bond donors (Lipinski definition) is 3. The highest BCUT2D eigenvalue weighted by molar-refractivity contribution is 6.43. The van der Waals surface area contributed by atoms with Crippen LogP contribution in [-0.4, -0.2) is 34.6 Å². The number of carbonyl (C=O) groups is 1. The molecule has 0 radical (unpaired) electrons. The summed E-state index contributed by atoms with van der Waals surface area (Å²) in [7, 11) is -1.67. The minimum Gasteiger partial charge on any atom is -0.487 e. The Bertz CT molecular complexity index is 1130. The maximum absolute atomic E-state index is 12.7. The van der Waals surface area contributed by atoms with Gasteiger partial charge in [-0.05, 0) is 73.8 Å². The van der Waals surface area contributed by atoms with Gasteiger partial charge in [0.1, 0.15) is 16.9 Å². The van der Waals surface area contributed by atoms with Gasteiger partial charge in [-0.1, -0.05) is 36.8 Å². The molecular formula is C26H30BNO5. The third-order valence-corrected chi connectivity index (χ3v) is 7.14. The highest BCUT2D eigenvalue weighted by Gasteiger charge is 2.37. The number of rotatable bonds is 6. The molecule has 2 heterocycles. The van der Waals surface area contributed by atoms with Gasteiger partial charge < -0.3 is 24.5 Å². The Morgan fingerprint density at radius 1 is 1.09 bits per heavy atom. The first-order valence-electron chi connectivity index (χ1n) is 11.9. The molecule has 1 saturated carbocycles. The first kappa shape index (κ1) is 22.0. The third-order valence-electron chi connectivity index (χ3n) is 7.14. The Balaban J connectivity index is 1.23. The van der Waals surface area contributed by atoms with Crippen LogP contribution in [0.25, 0.3) is 11.0 Å². The maximum Gasteiger partial charge on any atom is 0.475 e. The van der Waals surface area contributed by atoms with E-state index in [4.69, 9.17) is 9.15 Å². The quantitative estimate of drug-likeness (QED) is 0.501. The molecule has 1 amide bonds. The molecule has 5 rings (SSSR count). The summed E-state index contributed by atoms with van der Waals surface area (Å²) in [6.07, 6.45) is 10.1. The third kappa shape index (κ3) is 4.80. The van der Waals surface area contributed by atoms with Crippen LogP contribution in [0.1, 0.15) is 55.2 Å². The van der Waals surface area contributed by atoms with Crippen LogP contribution in [0.15, 0.2) is 53.1 Å². The molecule has 1 spiro atoms. The van der Waals surface area contributed by atoms with Crippen molar-refractivity contribution in [2.75, 3.05) is 0 Å². The molecule has 1 aliphatic heterocycles. The number of aryl methyl sites for hydroxylation is 1. The van der Waals surface area contributed by atoms with Crippen LogP contribution in [0.2, 0.25) is 0 Å². The summed E-state index contributed by atoms with van der Waals surface area (Å²) in [6, 6.07) is 13.5. The van der Waals surface area contributed by atoms with Gasteiger partial charge in [0.25, 0.3) is 0 Å². The SMILES string of the molecule is O=C(Cc1ccc2c(c1)CCC1(CCCCC1)O2)N[C@@H](Cc1coc2ccccc12)B(O)O. The molecule has 1 fully saturated rings. The van der Waals surface area contributed by atoms with Gasteiger partial charge in [0.15, 0.2) is 0 Å². The smallest absolute Gasteiger partial charge is 0.475 e. The number of benzene rings is 2. The first-order chi connectivity index (χ1) is 16.0. The van der Waals surface area contributed by atoms with Crippen molar-refractivity contribution >= 4 is 24.0 Å². The molecule has 2 aromatic carbocycles. The number of fused-ring (bicyclic) bond motifs is 2. The molecule has 0 bridgehead atoms. The Kier molecular flexibility index (Phi) is 6.17.